The molecule has 8 heteroatoms. The number of rotatable bonds is 3. The van der Waals surface area contributed by atoms with Crippen LogP contribution >= 0.6 is 23.2 Å². The van der Waals surface area contributed by atoms with Gasteiger partial charge in [-0.25, -0.2) is 13.4 Å². The number of sulfone groups is 1. The van der Waals surface area contributed by atoms with Gasteiger partial charge in [-0.1, -0.05) is 11.6 Å². The molecular formula is C9H11Cl2N3O2S. The standard InChI is InChI=1S/C9H11Cl2N3O2S/c10-7-4-13-9(11)14-8(7)12-3-6-1-2-17(15,16)5-6/h4,6H,1-3,5H2,(H,12,13,14). The molecule has 1 aromatic heterocycles. The zero-order valence-corrected chi connectivity index (χ0v) is 11.2. The summed E-state index contributed by atoms with van der Waals surface area (Å²) in [6, 6.07) is 0. The number of aromatic nitrogens is 2. The predicted octanol–water partition coefficient (Wildman–Crippen LogP) is 1.63. The summed E-state index contributed by atoms with van der Waals surface area (Å²) < 4.78 is 22.5. The molecule has 2 rings (SSSR count). The maximum Gasteiger partial charge on any atom is 0.224 e. The fourth-order valence-corrected chi connectivity index (χ4v) is 3.90. The summed E-state index contributed by atoms with van der Waals surface area (Å²) in [5.41, 5.74) is 0. The van der Waals surface area contributed by atoms with Gasteiger partial charge in [0.25, 0.3) is 0 Å². The van der Waals surface area contributed by atoms with Crippen molar-refractivity contribution >= 4 is 38.9 Å². The summed E-state index contributed by atoms with van der Waals surface area (Å²) in [7, 11) is -2.85. The Balaban J connectivity index is 1.97. The fourth-order valence-electron chi connectivity index (χ4n) is 1.74. The van der Waals surface area contributed by atoms with Crippen molar-refractivity contribution < 1.29 is 8.42 Å². The molecule has 0 saturated carbocycles. The molecule has 1 aromatic rings. The van der Waals surface area contributed by atoms with Crippen LogP contribution in [0.2, 0.25) is 10.3 Å². The van der Waals surface area contributed by atoms with Crippen molar-refractivity contribution in [2.24, 2.45) is 5.92 Å². The maximum atomic E-state index is 11.3. The molecule has 0 aromatic carbocycles. The van der Waals surface area contributed by atoms with E-state index in [1.165, 1.54) is 6.20 Å². The highest BCUT2D eigenvalue weighted by molar-refractivity contribution is 7.91. The molecule has 0 amide bonds. The Hall–Kier alpha value is -0.590. The van der Waals surface area contributed by atoms with Crippen LogP contribution in [0.25, 0.3) is 0 Å². The lowest BCUT2D eigenvalue weighted by atomic mass is 10.1. The van der Waals surface area contributed by atoms with Crippen molar-refractivity contribution in [1.82, 2.24) is 9.97 Å². The third-order valence-electron chi connectivity index (χ3n) is 2.60. The van der Waals surface area contributed by atoms with E-state index >= 15 is 0 Å². The van der Waals surface area contributed by atoms with E-state index in [9.17, 15) is 8.42 Å². The van der Waals surface area contributed by atoms with Crippen LogP contribution in [0.3, 0.4) is 0 Å². The van der Waals surface area contributed by atoms with Gasteiger partial charge in [0.05, 0.1) is 17.7 Å². The first-order chi connectivity index (χ1) is 7.96. The highest BCUT2D eigenvalue weighted by atomic mass is 35.5. The van der Waals surface area contributed by atoms with Gasteiger partial charge in [0.15, 0.2) is 9.84 Å². The van der Waals surface area contributed by atoms with Crippen LogP contribution in [0.4, 0.5) is 5.82 Å². The van der Waals surface area contributed by atoms with Gasteiger partial charge < -0.3 is 5.32 Å². The van der Waals surface area contributed by atoms with Crippen LogP contribution in [-0.2, 0) is 9.84 Å². The van der Waals surface area contributed by atoms with Crippen LogP contribution < -0.4 is 5.32 Å². The van der Waals surface area contributed by atoms with Crippen LogP contribution in [-0.4, -0.2) is 36.4 Å². The number of nitrogens with zero attached hydrogens (tertiary/aromatic N) is 2. The third kappa shape index (κ3) is 3.43. The molecule has 0 aliphatic carbocycles. The van der Waals surface area contributed by atoms with Gasteiger partial charge in [0, 0.05) is 6.54 Å². The molecule has 1 unspecified atom stereocenters. The number of hydrogen-bond acceptors (Lipinski definition) is 5. The van der Waals surface area contributed by atoms with Gasteiger partial charge in [-0.15, -0.1) is 0 Å². The van der Waals surface area contributed by atoms with Crippen LogP contribution in [0.1, 0.15) is 6.42 Å². The Morgan fingerprint density at radius 2 is 2.24 bits per heavy atom. The molecule has 1 aliphatic rings. The molecule has 1 fully saturated rings. The molecule has 1 N–H and O–H groups in total. The molecule has 2 heterocycles. The summed E-state index contributed by atoms with van der Waals surface area (Å²) in [6.45, 7) is 0.520. The van der Waals surface area contributed by atoms with E-state index in [-0.39, 0.29) is 22.7 Å². The van der Waals surface area contributed by atoms with Gasteiger partial charge in [-0.2, -0.15) is 4.98 Å². The van der Waals surface area contributed by atoms with Crippen molar-refractivity contribution in [3.8, 4) is 0 Å². The monoisotopic (exact) mass is 295 g/mol. The summed E-state index contributed by atoms with van der Waals surface area (Å²) in [5.74, 6) is 1.02. The van der Waals surface area contributed by atoms with E-state index in [0.29, 0.717) is 23.8 Å². The van der Waals surface area contributed by atoms with Gasteiger partial charge in [0.2, 0.25) is 5.28 Å². The zero-order chi connectivity index (χ0) is 12.5. The zero-order valence-electron chi connectivity index (χ0n) is 8.86. The van der Waals surface area contributed by atoms with Crippen molar-refractivity contribution in [3.05, 3.63) is 16.5 Å². The molecule has 0 radical (unpaired) electrons. The second-order valence-electron chi connectivity index (χ2n) is 3.99. The maximum absolute atomic E-state index is 11.3. The number of nitrogens with one attached hydrogen (secondary N) is 1. The minimum Gasteiger partial charge on any atom is -0.368 e. The average Bonchev–Trinajstić information content (AvgIpc) is 2.60. The van der Waals surface area contributed by atoms with Crippen molar-refractivity contribution in [3.63, 3.8) is 0 Å². The Morgan fingerprint density at radius 1 is 1.47 bits per heavy atom. The fraction of sp³-hybridized carbons (Fsp3) is 0.556. The molecule has 17 heavy (non-hydrogen) atoms. The molecule has 1 atom stereocenters. The van der Waals surface area contributed by atoms with E-state index in [0.717, 1.165) is 0 Å². The molecular weight excluding hydrogens is 285 g/mol. The quantitative estimate of drug-likeness (QED) is 0.858. The normalized spacial score (nSPS) is 22.6. The summed E-state index contributed by atoms with van der Waals surface area (Å²) >= 11 is 11.5. The number of anilines is 1. The molecule has 1 aliphatic heterocycles. The topological polar surface area (TPSA) is 72.0 Å². The predicted molar refractivity (Wildman–Crippen MR) is 67.3 cm³/mol. The van der Waals surface area contributed by atoms with Crippen molar-refractivity contribution in [2.75, 3.05) is 23.4 Å². The van der Waals surface area contributed by atoms with Crippen molar-refractivity contribution in [2.45, 2.75) is 6.42 Å². The first-order valence-corrected chi connectivity index (χ1v) is 7.66. The SMILES string of the molecule is O=S1(=O)CCC(CNc2nc(Cl)ncc2Cl)C1. The van der Waals surface area contributed by atoms with Gasteiger partial charge >= 0.3 is 0 Å². The molecule has 0 bridgehead atoms. The lowest BCUT2D eigenvalue weighted by Crippen LogP contribution is -2.16. The number of halogens is 2. The van der Waals surface area contributed by atoms with Gasteiger partial charge in [0.1, 0.15) is 10.8 Å². The smallest absolute Gasteiger partial charge is 0.224 e. The molecule has 94 valence electrons. The molecule has 0 spiro atoms. The van der Waals surface area contributed by atoms with Crippen LogP contribution in [0, 0.1) is 5.92 Å². The Morgan fingerprint density at radius 3 is 2.88 bits per heavy atom. The molecule has 1 saturated heterocycles. The van der Waals surface area contributed by atoms with E-state index in [1.54, 1.807) is 0 Å². The lowest BCUT2D eigenvalue weighted by molar-refractivity contribution is 0.595. The Labute approximate surface area is 109 Å². The Bertz CT molecular complexity index is 521. The summed E-state index contributed by atoms with van der Waals surface area (Å²) in [6.07, 6.45) is 2.08. The summed E-state index contributed by atoms with van der Waals surface area (Å²) in [4.78, 5) is 7.66. The second-order valence-corrected chi connectivity index (χ2v) is 6.96. The highest BCUT2D eigenvalue weighted by Crippen LogP contribution is 2.22. The second kappa shape index (κ2) is 4.96. The highest BCUT2D eigenvalue weighted by Gasteiger charge is 2.27. The van der Waals surface area contributed by atoms with Crippen LogP contribution in [0.15, 0.2) is 6.20 Å². The van der Waals surface area contributed by atoms with E-state index < -0.39 is 9.84 Å². The van der Waals surface area contributed by atoms with E-state index in [2.05, 4.69) is 15.3 Å². The Kier molecular flexibility index (Phi) is 3.75. The van der Waals surface area contributed by atoms with Gasteiger partial charge in [-0.3, -0.25) is 0 Å². The van der Waals surface area contributed by atoms with E-state index in [1.807, 2.05) is 0 Å². The van der Waals surface area contributed by atoms with E-state index in [4.69, 9.17) is 23.2 Å². The minimum absolute atomic E-state index is 0.102. The first-order valence-electron chi connectivity index (χ1n) is 5.08. The number of hydrogen-bond donors (Lipinski definition) is 1. The van der Waals surface area contributed by atoms with Crippen LogP contribution in [0.5, 0.6) is 0 Å². The minimum atomic E-state index is -2.85. The largest absolute Gasteiger partial charge is 0.368 e. The van der Waals surface area contributed by atoms with Gasteiger partial charge in [-0.05, 0) is 23.9 Å². The van der Waals surface area contributed by atoms with Crippen molar-refractivity contribution in [1.29, 1.82) is 0 Å². The average molecular weight is 296 g/mol. The first kappa shape index (κ1) is 12.9. The molecule has 5 nitrogen and oxygen atoms in total. The summed E-state index contributed by atoms with van der Waals surface area (Å²) in [5, 5.41) is 3.48. The lowest BCUT2D eigenvalue weighted by Gasteiger charge is -2.10. The third-order valence-corrected chi connectivity index (χ3v) is 4.90.